The fourth-order valence-corrected chi connectivity index (χ4v) is 1.58. The summed E-state index contributed by atoms with van der Waals surface area (Å²) in [6.07, 6.45) is 6.17. The van der Waals surface area contributed by atoms with Crippen LogP contribution in [0.15, 0.2) is 12.3 Å². The molecule has 0 aliphatic heterocycles. The highest BCUT2D eigenvalue weighted by molar-refractivity contribution is 5.29. The van der Waals surface area contributed by atoms with Gasteiger partial charge in [0, 0.05) is 5.69 Å². The summed E-state index contributed by atoms with van der Waals surface area (Å²) in [5.41, 5.74) is 2.41. The van der Waals surface area contributed by atoms with Gasteiger partial charge in [0.2, 0.25) is 0 Å². The Morgan fingerprint density at radius 2 is 2.09 bits per heavy atom. The van der Waals surface area contributed by atoms with Crippen LogP contribution in [0.4, 0.5) is 0 Å². The fraction of sp³-hybridized carbons (Fsp3) is 0.444. The number of rotatable bonds is 0. The minimum absolute atomic E-state index is 0.297. The first-order valence-electron chi connectivity index (χ1n) is 4.03. The summed E-state index contributed by atoms with van der Waals surface area (Å²) in [6.45, 7) is 0. The number of aromatic hydroxyl groups is 1. The van der Waals surface area contributed by atoms with Crippen molar-refractivity contribution in [2.45, 2.75) is 25.7 Å². The molecule has 1 aromatic heterocycles. The van der Waals surface area contributed by atoms with Crippen molar-refractivity contribution >= 4 is 0 Å². The molecule has 0 bridgehead atoms. The van der Waals surface area contributed by atoms with Crippen molar-refractivity contribution in [3.63, 3.8) is 0 Å². The molecule has 0 fully saturated rings. The third kappa shape index (κ3) is 1.20. The van der Waals surface area contributed by atoms with Crippen molar-refractivity contribution in [2.75, 3.05) is 0 Å². The van der Waals surface area contributed by atoms with Crippen LogP contribution in [0.3, 0.4) is 0 Å². The molecule has 2 nitrogen and oxygen atoms in total. The van der Waals surface area contributed by atoms with Crippen LogP contribution < -0.4 is 0 Å². The molecule has 0 amide bonds. The third-order valence-corrected chi connectivity index (χ3v) is 2.16. The lowest BCUT2D eigenvalue weighted by molar-refractivity contribution is 0.469. The quantitative estimate of drug-likeness (QED) is 0.608. The van der Waals surface area contributed by atoms with Gasteiger partial charge >= 0.3 is 0 Å². The molecule has 1 aromatic rings. The number of fused-ring (bicyclic) bond motifs is 1. The summed E-state index contributed by atoms with van der Waals surface area (Å²) in [7, 11) is 0. The maximum absolute atomic E-state index is 9.13. The summed E-state index contributed by atoms with van der Waals surface area (Å²) in [5.74, 6) is 0.297. The molecule has 1 aliphatic rings. The Bertz CT molecular complexity index is 270. The maximum atomic E-state index is 9.13. The standard InChI is InChI=1S/C9H11NO/c11-8-5-7-3-1-2-4-9(7)10-6-8/h5-6,11H,1-4H2. The van der Waals surface area contributed by atoms with Gasteiger partial charge in [-0.1, -0.05) is 0 Å². The minimum Gasteiger partial charge on any atom is -0.506 e. The molecule has 0 saturated heterocycles. The van der Waals surface area contributed by atoms with Crippen LogP contribution >= 0.6 is 0 Å². The van der Waals surface area contributed by atoms with Gasteiger partial charge in [-0.2, -0.15) is 0 Å². The topological polar surface area (TPSA) is 33.1 Å². The summed E-state index contributed by atoms with van der Waals surface area (Å²) in [6, 6.07) is 1.83. The lowest BCUT2D eigenvalue weighted by Gasteiger charge is -2.13. The van der Waals surface area contributed by atoms with Gasteiger partial charge in [-0.05, 0) is 37.3 Å². The van der Waals surface area contributed by atoms with Gasteiger partial charge in [0.15, 0.2) is 0 Å². The Labute approximate surface area is 65.9 Å². The number of nitrogens with zero attached hydrogens (tertiary/aromatic N) is 1. The summed E-state index contributed by atoms with van der Waals surface area (Å²) >= 11 is 0. The highest BCUT2D eigenvalue weighted by Crippen LogP contribution is 2.21. The Morgan fingerprint density at radius 3 is 3.00 bits per heavy atom. The van der Waals surface area contributed by atoms with Crippen molar-refractivity contribution in [1.82, 2.24) is 4.98 Å². The van der Waals surface area contributed by atoms with Gasteiger partial charge in [0.25, 0.3) is 0 Å². The van der Waals surface area contributed by atoms with Crippen LogP contribution in [-0.4, -0.2) is 10.1 Å². The molecule has 2 rings (SSSR count). The monoisotopic (exact) mass is 149 g/mol. The molecule has 0 unspecified atom stereocenters. The van der Waals surface area contributed by atoms with E-state index in [1.54, 1.807) is 0 Å². The molecule has 0 radical (unpaired) electrons. The van der Waals surface area contributed by atoms with E-state index in [4.69, 9.17) is 5.11 Å². The van der Waals surface area contributed by atoms with Gasteiger partial charge in [0.1, 0.15) is 5.75 Å². The second-order valence-electron chi connectivity index (χ2n) is 3.01. The first kappa shape index (κ1) is 6.65. The van der Waals surface area contributed by atoms with Crippen molar-refractivity contribution < 1.29 is 5.11 Å². The molecular weight excluding hydrogens is 138 g/mol. The van der Waals surface area contributed by atoms with Gasteiger partial charge in [0.05, 0.1) is 6.20 Å². The molecule has 1 heterocycles. The van der Waals surface area contributed by atoms with Gasteiger partial charge in [-0.3, -0.25) is 4.98 Å². The van der Waals surface area contributed by atoms with Crippen LogP contribution in [0.2, 0.25) is 0 Å². The summed E-state index contributed by atoms with van der Waals surface area (Å²) < 4.78 is 0. The second kappa shape index (κ2) is 2.53. The number of hydrogen-bond donors (Lipinski definition) is 1. The molecular formula is C9H11NO. The zero-order valence-corrected chi connectivity index (χ0v) is 6.38. The molecule has 0 saturated carbocycles. The Balaban J connectivity index is 2.43. The van der Waals surface area contributed by atoms with Crippen LogP contribution in [0.25, 0.3) is 0 Å². The van der Waals surface area contributed by atoms with E-state index < -0.39 is 0 Å². The average molecular weight is 149 g/mol. The van der Waals surface area contributed by atoms with Crippen LogP contribution in [0.1, 0.15) is 24.1 Å². The van der Waals surface area contributed by atoms with E-state index in [-0.39, 0.29) is 0 Å². The average Bonchev–Trinajstić information content (AvgIpc) is 2.04. The predicted octanol–water partition coefficient (Wildman–Crippen LogP) is 1.67. The Hall–Kier alpha value is -1.05. The van der Waals surface area contributed by atoms with Crippen LogP contribution in [-0.2, 0) is 12.8 Å². The SMILES string of the molecule is Oc1cnc2c(c1)CCCC2. The summed E-state index contributed by atoms with van der Waals surface area (Å²) in [5, 5.41) is 9.13. The lowest BCUT2D eigenvalue weighted by atomic mass is 9.96. The molecule has 1 N–H and O–H groups in total. The number of pyridine rings is 1. The van der Waals surface area contributed by atoms with Crippen molar-refractivity contribution in [2.24, 2.45) is 0 Å². The molecule has 2 heteroatoms. The predicted molar refractivity (Wildman–Crippen MR) is 42.5 cm³/mol. The fourth-order valence-electron chi connectivity index (χ4n) is 1.58. The van der Waals surface area contributed by atoms with Gasteiger partial charge < -0.3 is 5.11 Å². The van der Waals surface area contributed by atoms with Crippen LogP contribution in [0.5, 0.6) is 5.75 Å². The molecule has 0 aromatic carbocycles. The van der Waals surface area contributed by atoms with E-state index in [1.165, 1.54) is 30.3 Å². The molecule has 58 valence electrons. The summed E-state index contributed by atoms with van der Waals surface area (Å²) in [4.78, 5) is 4.17. The maximum Gasteiger partial charge on any atom is 0.134 e. The molecule has 0 atom stereocenters. The minimum atomic E-state index is 0.297. The molecule has 0 spiro atoms. The van der Waals surface area contributed by atoms with Crippen molar-refractivity contribution in [3.8, 4) is 5.75 Å². The van der Waals surface area contributed by atoms with E-state index in [9.17, 15) is 0 Å². The highest BCUT2D eigenvalue weighted by Gasteiger charge is 2.09. The van der Waals surface area contributed by atoms with E-state index in [1.807, 2.05) is 6.07 Å². The number of hydrogen-bond acceptors (Lipinski definition) is 2. The first-order chi connectivity index (χ1) is 5.36. The normalized spacial score (nSPS) is 16.0. The van der Waals surface area contributed by atoms with Gasteiger partial charge in [-0.15, -0.1) is 0 Å². The number of aromatic nitrogens is 1. The van der Waals surface area contributed by atoms with E-state index in [0.29, 0.717) is 5.75 Å². The lowest BCUT2D eigenvalue weighted by Crippen LogP contribution is -2.04. The Kier molecular flexibility index (Phi) is 1.53. The zero-order valence-electron chi connectivity index (χ0n) is 6.38. The van der Waals surface area contributed by atoms with Crippen molar-refractivity contribution in [3.05, 3.63) is 23.5 Å². The highest BCUT2D eigenvalue weighted by atomic mass is 16.3. The Morgan fingerprint density at radius 1 is 1.27 bits per heavy atom. The molecule has 1 aliphatic carbocycles. The third-order valence-electron chi connectivity index (χ3n) is 2.16. The van der Waals surface area contributed by atoms with E-state index in [2.05, 4.69) is 4.98 Å². The van der Waals surface area contributed by atoms with Crippen molar-refractivity contribution in [1.29, 1.82) is 0 Å². The van der Waals surface area contributed by atoms with Gasteiger partial charge in [-0.25, -0.2) is 0 Å². The molecule has 11 heavy (non-hydrogen) atoms. The van der Waals surface area contributed by atoms with Crippen LogP contribution in [0, 0.1) is 0 Å². The second-order valence-corrected chi connectivity index (χ2v) is 3.01. The smallest absolute Gasteiger partial charge is 0.134 e. The zero-order chi connectivity index (χ0) is 7.68. The first-order valence-corrected chi connectivity index (χ1v) is 4.03. The largest absolute Gasteiger partial charge is 0.506 e. The van der Waals surface area contributed by atoms with E-state index in [0.717, 1.165) is 12.8 Å². The number of aryl methyl sites for hydroxylation is 2. The van der Waals surface area contributed by atoms with E-state index >= 15 is 0 Å².